The summed E-state index contributed by atoms with van der Waals surface area (Å²) in [5, 5.41) is 8.91. The summed E-state index contributed by atoms with van der Waals surface area (Å²) in [4.78, 5) is 14.4. The average Bonchev–Trinajstić information content (AvgIpc) is 3.18. The molecule has 0 spiro atoms. The van der Waals surface area contributed by atoms with E-state index >= 15 is 0 Å². The van der Waals surface area contributed by atoms with E-state index in [1.807, 2.05) is 41.9 Å². The summed E-state index contributed by atoms with van der Waals surface area (Å²) < 4.78 is 2.97. The molecule has 4 nitrogen and oxygen atoms in total. The Bertz CT molecular complexity index is 907. The number of nitrogens with zero attached hydrogens (tertiary/aromatic N) is 2. The predicted octanol–water partition coefficient (Wildman–Crippen LogP) is 5.22. The van der Waals surface area contributed by atoms with Gasteiger partial charge in [0.25, 0.3) is 5.91 Å². The molecule has 3 aromatic rings. The molecule has 1 aliphatic rings. The van der Waals surface area contributed by atoms with Crippen LogP contribution < -0.4 is 5.32 Å². The molecule has 2 heterocycles. The highest BCUT2D eigenvalue weighted by atomic mass is 79.9. The first kappa shape index (κ1) is 16.8. The van der Waals surface area contributed by atoms with Crippen LogP contribution in [0.5, 0.6) is 0 Å². The van der Waals surface area contributed by atoms with Gasteiger partial charge >= 0.3 is 0 Å². The molecule has 0 aliphatic heterocycles. The van der Waals surface area contributed by atoms with E-state index in [0.29, 0.717) is 6.04 Å². The molecule has 0 unspecified atom stereocenters. The Hall–Kier alpha value is -1.66. The van der Waals surface area contributed by atoms with Crippen molar-refractivity contribution in [2.45, 2.75) is 45.1 Å². The third-order valence-electron chi connectivity index (χ3n) is 4.78. The molecule has 0 atom stereocenters. The topological polar surface area (TPSA) is 46.9 Å². The van der Waals surface area contributed by atoms with Crippen LogP contribution in [0.3, 0.4) is 0 Å². The number of thiophene rings is 1. The predicted molar refractivity (Wildman–Crippen MR) is 106 cm³/mol. The van der Waals surface area contributed by atoms with Crippen LogP contribution in [0.2, 0.25) is 0 Å². The highest BCUT2D eigenvalue weighted by Gasteiger charge is 2.20. The van der Waals surface area contributed by atoms with Gasteiger partial charge in [0.15, 0.2) is 0 Å². The molecule has 0 radical (unpaired) electrons. The molecule has 4 rings (SSSR count). The van der Waals surface area contributed by atoms with Gasteiger partial charge in [-0.3, -0.25) is 4.79 Å². The molecule has 6 heteroatoms. The molecule has 1 aliphatic carbocycles. The van der Waals surface area contributed by atoms with Crippen molar-refractivity contribution in [3.63, 3.8) is 0 Å². The van der Waals surface area contributed by atoms with Crippen LogP contribution in [0, 0.1) is 6.92 Å². The van der Waals surface area contributed by atoms with Gasteiger partial charge in [-0.2, -0.15) is 5.10 Å². The lowest BCUT2D eigenvalue weighted by molar-refractivity contribution is 0.0932. The van der Waals surface area contributed by atoms with Crippen LogP contribution >= 0.6 is 27.3 Å². The number of aromatic nitrogens is 2. The fourth-order valence-corrected chi connectivity index (χ4v) is 4.77. The molecule has 25 heavy (non-hydrogen) atoms. The average molecular weight is 418 g/mol. The number of hydrogen-bond acceptors (Lipinski definition) is 3. The summed E-state index contributed by atoms with van der Waals surface area (Å²) in [6, 6.07) is 10.4. The molecule has 1 aromatic carbocycles. The number of aryl methyl sites for hydroxylation is 1. The number of fused-ring (bicyclic) bond motifs is 1. The van der Waals surface area contributed by atoms with Gasteiger partial charge in [-0.1, -0.05) is 35.2 Å². The van der Waals surface area contributed by atoms with E-state index in [9.17, 15) is 4.79 Å². The molecule has 1 saturated carbocycles. The number of hydrogen-bond donors (Lipinski definition) is 1. The Kier molecular flexibility index (Phi) is 4.65. The van der Waals surface area contributed by atoms with Crippen molar-refractivity contribution < 1.29 is 4.79 Å². The first-order valence-corrected chi connectivity index (χ1v) is 10.3. The van der Waals surface area contributed by atoms with Gasteiger partial charge in [0.05, 0.1) is 16.3 Å². The number of amides is 1. The monoisotopic (exact) mass is 417 g/mol. The van der Waals surface area contributed by atoms with E-state index in [1.165, 1.54) is 30.6 Å². The largest absolute Gasteiger partial charge is 0.349 e. The van der Waals surface area contributed by atoms with Gasteiger partial charge in [0.2, 0.25) is 0 Å². The zero-order valence-electron chi connectivity index (χ0n) is 14.1. The molecule has 0 saturated heterocycles. The van der Waals surface area contributed by atoms with E-state index in [1.54, 1.807) is 0 Å². The van der Waals surface area contributed by atoms with Gasteiger partial charge in [0, 0.05) is 15.9 Å². The Morgan fingerprint density at radius 1 is 1.24 bits per heavy atom. The van der Waals surface area contributed by atoms with Gasteiger partial charge in [-0.15, -0.1) is 11.3 Å². The van der Waals surface area contributed by atoms with Crippen molar-refractivity contribution >= 4 is 43.4 Å². The second-order valence-corrected chi connectivity index (χ2v) is 8.56. The number of halogens is 1. The van der Waals surface area contributed by atoms with Crippen LogP contribution in [0.1, 0.15) is 47.5 Å². The Labute approximate surface area is 159 Å². The number of benzene rings is 1. The fourth-order valence-electron chi connectivity index (χ4n) is 3.42. The third kappa shape index (κ3) is 3.37. The minimum absolute atomic E-state index is 0.0508. The lowest BCUT2D eigenvalue weighted by Gasteiger charge is -2.22. The summed E-state index contributed by atoms with van der Waals surface area (Å²) in [6.07, 6.45) is 5.92. The van der Waals surface area contributed by atoms with Crippen LogP contribution in [0.4, 0.5) is 0 Å². The third-order valence-corrected chi connectivity index (χ3v) is 6.42. The van der Waals surface area contributed by atoms with Crippen LogP contribution in [0.15, 0.2) is 34.8 Å². The minimum atomic E-state index is 0.0508. The molecular formula is C19H20BrN3OS. The SMILES string of the molecule is Cc1nn(-c2ccc(Br)cc2)c2sc(C(=O)NC3CCCCC3)cc12. The summed E-state index contributed by atoms with van der Waals surface area (Å²) in [7, 11) is 0. The lowest BCUT2D eigenvalue weighted by Crippen LogP contribution is -2.35. The normalized spacial score (nSPS) is 15.6. The standard InChI is InChI=1S/C19H20BrN3OS/c1-12-16-11-17(18(24)21-14-5-3-2-4-6-14)25-19(16)23(22-12)15-9-7-13(20)8-10-15/h7-11,14H,2-6H2,1H3,(H,21,24). The molecule has 2 aromatic heterocycles. The van der Waals surface area contributed by atoms with Crippen molar-refractivity contribution in [3.8, 4) is 5.69 Å². The molecule has 0 bridgehead atoms. The number of rotatable bonds is 3. The molecule has 1 amide bonds. The molecule has 1 fully saturated rings. The number of nitrogens with one attached hydrogen (secondary N) is 1. The lowest BCUT2D eigenvalue weighted by atomic mass is 9.95. The minimum Gasteiger partial charge on any atom is -0.349 e. The maximum atomic E-state index is 12.6. The van der Waals surface area contributed by atoms with Gasteiger partial charge in [0.1, 0.15) is 4.83 Å². The van der Waals surface area contributed by atoms with Crippen LogP contribution in [-0.4, -0.2) is 21.7 Å². The maximum absolute atomic E-state index is 12.6. The summed E-state index contributed by atoms with van der Waals surface area (Å²) in [5.41, 5.74) is 1.95. The van der Waals surface area contributed by atoms with Gasteiger partial charge < -0.3 is 5.32 Å². The van der Waals surface area contributed by atoms with Crippen molar-refractivity contribution in [2.24, 2.45) is 0 Å². The quantitative estimate of drug-likeness (QED) is 0.634. The van der Waals surface area contributed by atoms with Crippen LogP contribution in [-0.2, 0) is 0 Å². The van der Waals surface area contributed by atoms with Crippen molar-refractivity contribution in [3.05, 3.63) is 45.4 Å². The second kappa shape index (κ2) is 6.92. The highest BCUT2D eigenvalue weighted by Crippen LogP contribution is 2.31. The maximum Gasteiger partial charge on any atom is 0.261 e. The zero-order valence-corrected chi connectivity index (χ0v) is 16.5. The first-order chi connectivity index (χ1) is 12.1. The Balaban J connectivity index is 1.64. The Morgan fingerprint density at radius 2 is 1.96 bits per heavy atom. The summed E-state index contributed by atoms with van der Waals surface area (Å²) >= 11 is 4.98. The zero-order chi connectivity index (χ0) is 17.4. The highest BCUT2D eigenvalue weighted by molar-refractivity contribution is 9.10. The number of carbonyl (C=O) groups excluding carboxylic acids is 1. The second-order valence-electron chi connectivity index (χ2n) is 6.61. The fraction of sp³-hybridized carbons (Fsp3) is 0.368. The molecule has 1 N–H and O–H groups in total. The van der Waals surface area contributed by atoms with E-state index in [-0.39, 0.29) is 5.91 Å². The van der Waals surface area contributed by atoms with E-state index in [2.05, 4.69) is 26.3 Å². The van der Waals surface area contributed by atoms with E-state index in [4.69, 9.17) is 0 Å². The summed E-state index contributed by atoms with van der Waals surface area (Å²) in [6.45, 7) is 1.99. The van der Waals surface area contributed by atoms with Gasteiger partial charge in [-0.25, -0.2) is 4.68 Å². The smallest absolute Gasteiger partial charge is 0.261 e. The molecule has 130 valence electrons. The van der Waals surface area contributed by atoms with E-state index in [0.717, 1.165) is 43.8 Å². The van der Waals surface area contributed by atoms with Crippen molar-refractivity contribution in [2.75, 3.05) is 0 Å². The number of carbonyl (C=O) groups is 1. The molecular weight excluding hydrogens is 398 g/mol. The Morgan fingerprint density at radius 3 is 2.68 bits per heavy atom. The van der Waals surface area contributed by atoms with Crippen LogP contribution in [0.25, 0.3) is 15.9 Å². The first-order valence-electron chi connectivity index (χ1n) is 8.68. The van der Waals surface area contributed by atoms with E-state index < -0.39 is 0 Å². The van der Waals surface area contributed by atoms with Crippen molar-refractivity contribution in [1.82, 2.24) is 15.1 Å². The van der Waals surface area contributed by atoms with Gasteiger partial charge in [-0.05, 0) is 50.1 Å². The van der Waals surface area contributed by atoms with Crippen molar-refractivity contribution in [1.29, 1.82) is 0 Å². The summed E-state index contributed by atoms with van der Waals surface area (Å²) in [5.74, 6) is 0.0508.